The van der Waals surface area contributed by atoms with Crippen molar-refractivity contribution in [2.45, 2.75) is 19.6 Å². The number of hydrogen-bond acceptors (Lipinski definition) is 2. The third-order valence-corrected chi connectivity index (χ3v) is 2.54. The Morgan fingerprint density at radius 1 is 1.00 bits per heavy atom. The summed E-state index contributed by atoms with van der Waals surface area (Å²) in [6.45, 7) is 4.17. The van der Waals surface area contributed by atoms with Crippen LogP contribution in [0.2, 0.25) is 0 Å². The predicted molar refractivity (Wildman–Crippen MR) is 57.0 cm³/mol. The second kappa shape index (κ2) is 4.58. The van der Waals surface area contributed by atoms with Crippen molar-refractivity contribution in [3.8, 4) is 0 Å². The Balaban J connectivity index is 3.11. The van der Waals surface area contributed by atoms with Crippen LogP contribution in [-0.2, 0) is 15.3 Å². The van der Waals surface area contributed by atoms with Crippen molar-refractivity contribution in [2.75, 3.05) is 14.2 Å². The zero-order valence-electron chi connectivity index (χ0n) is 9.28. The van der Waals surface area contributed by atoms with Crippen LogP contribution in [0.4, 0.5) is 0 Å². The fourth-order valence-electron chi connectivity index (χ4n) is 1.79. The zero-order valence-corrected chi connectivity index (χ0v) is 9.28. The van der Waals surface area contributed by atoms with Gasteiger partial charge >= 0.3 is 0 Å². The molecule has 0 saturated carbocycles. The summed E-state index contributed by atoms with van der Waals surface area (Å²) in [4.78, 5) is 0. The van der Waals surface area contributed by atoms with Crippen molar-refractivity contribution in [3.05, 3.63) is 35.9 Å². The molecule has 0 radical (unpaired) electrons. The van der Waals surface area contributed by atoms with Crippen LogP contribution < -0.4 is 0 Å². The van der Waals surface area contributed by atoms with E-state index in [1.807, 2.05) is 30.3 Å². The molecule has 0 aliphatic rings. The number of hydrogen-bond donors (Lipinski definition) is 0. The van der Waals surface area contributed by atoms with E-state index >= 15 is 0 Å². The molecule has 1 rings (SSSR count). The molecule has 2 nitrogen and oxygen atoms in total. The van der Waals surface area contributed by atoms with Crippen molar-refractivity contribution < 1.29 is 9.47 Å². The van der Waals surface area contributed by atoms with E-state index in [1.54, 1.807) is 14.2 Å². The van der Waals surface area contributed by atoms with Crippen molar-refractivity contribution >= 4 is 0 Å². The van der Waals surface area contributed by atoms with Crippen LogP contribution in [0.5, 0.6) is 0 Å². The lowest BCUT2D eigenvalue weighted by molar-refractivity contribution is -0.243. The van der Waals surface area contributed by atoms with Gasteiger partial charge in [0.2, 0.25) is 0 Å². The summed E-state index contributed by atoms with van der Waals surface area (Å²) in [6.07, 6.45) is 0. The Kier molecular flexibility index (Phi) is 3.67. The van der Waals surface area contributed by atoms with Gasteiger partial charge in [-0.1, -0.05) is 44.2 Å². The minimum absolute atomic E-state index is 0.264. The number of rotatable bonds is 4. The third kappa shape index (κ3) is 1.81. The first-order valence-electron chi connectivity index (χ1n) is 4.83. The first kappa shape index (κ1) is 11.2. The molecule has 2 heteroatoms. The predicted octanol–water partition coefficient (Wildman–Crippen LogP) is 2.79. The average Bonchev–Trinajstić information content (AvgIpc) is 2.22. The first-order chi connectivity index (χ1) is 6.67. The molecule has 1 aromatic carbocycles. The quantitative estimate of drug-likeness (QED) is 0.686. The van der Waals surface area contributed by atoms with Crippen LogP contribution in [0.25, 0.3) is 0 Å². The minimum Gasteiger partial charge on any atom is -0.349 e. The molecule has 1 aromatic rings. The fourth-order valence-corrected chi connectivity index (χ4v) is 1.79. The second-order valence-electron chi connectivity index (χ2n) is 3.60. The summed E-state index contributed by atoms with van der Waals surface area (Å²) in [7, 11) is 3.35. The standard InChI is InChI=1S/C12H18O2/c1-10(2)12(13-3,14-4)11-8-6-5-7-9-11/h5-10H,1-4H3. The highest BCUT2D eigenvalue weighted by atomic mass is 16.7. The molecule has 0 amide bonds. The molecular formula is C12H18O2. The highest BCUT2D eigenvalue weighted by Gasteiger charge is 2.35. The lowest BCUT2D eigenvalue weighted by atomic mass is 9.94. The van der Waals surface area contributed by atoms with Crippen molar-refractivity contribution in [1.29, 1.82) is 0 Å². The van der Waals surface area contributed by atoms with Gasteiger partial charge in [0.05, 0.1) is 0 Å². The Morgan fingerprint density at radius 2 is 1.50 bits per heavy atom. The van der Waals surface area contributed by atoms with Gasteiger partial charge in [0.15, 0.2) is 5.79 Å². The van der Waals surface area contributed by atoms with Gasteiger partial charge in [-0.05, 0) is 0 Å². The number of benzene rings is 1. The molecular weight excluding hydrogens is 176 g/mol. The Morgan fingerprint density at radius 3 is 1.86 bits per heavy atom. The average molecular weight is 194 g/mol. The Hall–Kier alpha value is -0.860. The van der Waals surface area contributed by atoms with E-state index in [0.29, 0.717) is 0 Å². The molecule has 0 aromatic heterocycles. The van der Waals surface area contributed by atoms with E-state index in [-0.39, 0.29) is 5.92 Å². The van der Waals surface area contributed by atoms with Crippen molar-refractivity contribution in [2.24, 2.45) is 5.92 Å². The maximum atomic E-state index is 5.51. The number of methoxy groups -OCH3 is 2. The van der Waals surface area contributed by atoms with Gasteiger partial charge in [-0.25, -0.2) is 0 Å². The molecule has 0 aliphatic carbocycles. The third-order valence-electron chi connectivity index (χ3n) is 2.54. The summed E-state index contributed by atoms with van der Waals surface area (Å²) in [6, 6.07) is 10.0. The van der Waals surface area contributed by atoms with Crippen LogP contribution in [-0.4, -0.2) is 14.2 Å². The zero-order chi connectivity index (χ0) is 10.6. The van der Waals surface area contributed by atoms with Crippen molar-refractivity contribution in [1.82, 2.24) is 0 Å². The van der Waals surface area contributed by atoms with Crippen molar-refractivity contribution in [3.63, 3.8) is 0 Å². The summed E-state index contributed by atoms with van der Waals surface area (Å²) >= 11 is 0. The van der Waals surface area contributed by atoms with Gasteiger partial charge in [0.25, 0.3) is 0 Å². The SMILES string of the molecule is COC(OC)(c1ccccc1)C(C)C. The van der Waals surface area contributed by atoms with E-state index in [2.05, 4.69) is 13.8 Å². The largest absolute Gasteiger partial charge is 0.349 e. The van der Waals surface area contributed by atoms with Crippen LogP contribution in [0.1, 0.15) is 19.4 Å². The molecule has 78 valence electrons. The van der Waals surface area contributed by atoms with Gasteiger partial charge in [0.1, 0.15) is 0 Å². The lowest BCUT2D eigenvalue weighted by Crippen LogP contribution is -2.36. The lowest BCUT2D eigenvalue weighted by Gasteiger charge is -2.35. The molecule has 0 N–H and O–H groups in total. The molecule has 0 fully saturated rings. The first-order valence-corrected chi connectivity index (χ1v) is 4.83. The van der Waals surface area contributed by atoms with Crippen LogP contribution in [0, 0.1) is 5.92 Å². The summed E-state index contributed by atoms with van der Waals surface area (Å²) < 4.78 is 11.0. The van der Waals surface area contributed by atoms with Gasteiger partial charge < -0.3 is 9.47 Å². The minimum atomic E-state index is -0.624. The molecule has 0 atom stereocenters. The molecule has 0 heterocycles. The summed E-state index contributed by atoms with van der Waals surface area (Å²) in [5.74, 6) is -0.360. The normalized spacial score (nSPS) is 12.1. The van der Waals surface area contributed by atoms with Gasteiger partial charge in [0, 0.05) is 25.7 Å². The van der Waals surface area contributed by atoms with Crippen LogP contribution in [0.3, 0.4) is 0 Å². The Bertz CT molecular complexity index is 263. The van der Waals surface area contributed by atoms with E-state index in [1.165, 1.54) is 0 Å². The molecule has 0 spiro atoms. The van der Waals surface area contributed by atoms with Gasteiger partial charge in [-0.15, -0.1) is 0 Å². The number of ether oxygens (including phenoxy) is 2. The van der Waals surface area contributed by atoms with E-state index < -0.39 is 5.79 Å². The van der Waals surface area contributed by atoms with E-state index in [0.717, 1.165) is 5.56 Å². The molecule has 0 unspecified atom stereocenters. The van der Waals surface area contributed by atoms with E-state index in [4.69, 9.17) is 9.47 Å². The van der Waals surface area contributed by atoms with Crippen LogP contribution >= 0.6 is 0 Å². The Labute approximate surface area is 85.8 Å². The monoisotopic (exact) mass is 194 g/mol. The van der Waals surface area contributed by atoms with Gasteiger partial charge in [-0.3, -0.25) is 0 Å². The van der Waals surface area contributed by atoms with E-state index in [9.17, 15) is 0 Å². The summed E-state index contributed by atoms with van der Waals surface area (Å²) in [5.41, 5.74) is 1.06. The maximum absolute atomic E-state index is 5.51. The smallest absolute Gasteiger partial charge is 0.196 e. The second-order valence-corrected chi connectivity index (χ2v) is 3.60. The highest BCUT2D eigenvalue weighted by molar-refractivity contribution is 5.20. The summed E-state index contributed by atoms with van der Waals surface area (Å²) in [5, 5.41) is 0. The van der Waals surface area contributed by atoms with Crippen LogP contribution in [0.15, 0.2) is 30.3 Å². The fraction of sp³-hybridized carbons (Fsp3) is 0.500. The highest BCUT2D eigenvalue weighted by Crippen LogP contribution is 2.33. The molecule has 0 saturated heterocycles. The molecule has 0 bridgehead atoms. The van der Waals surface area contributed by atoms with Gasteiger partial charge in [-0.2, -0.15) is 0 Å². The molecule has 0 aliphatic heterocycles. The molecule has 14 heavy (non-hydrogen) atoms. The topological polar surface area (TPSA) is 18.5 Å². The maximum Gasteiger partial charge on any atom is 0.196 e.